The lowest BCUT2D eigenvalue weighted by Crippen LogP contribution is -2.41. The summed E-state index contributed by atoms with van der Waals surface area (Å²) < 4.78 is 4.66. The van der Waals surface area contributed by atoms with E-state index < -0.39 is 5.97 Å². The summed E-state index contributed by atoms with van der Waals surface area (Å²) in [6.07, 6.45) is 0. The summed E-state index contributed by atoms with van der Waals surface area (Å²) in [6.45, 7) is 7.37. The number of hydrogen-bond acceptors (Lipinski definition) is 4. The second kappa shape index (κ2) is 5.30. The van der Waals surface area contributed by atoms with Crippen LogP contribution < -0.4 is 11.1 Å². The van der Waals surface area contributed by atoms with Crippen molar-refractivity contribution >= 4 is 17.6 Å². The molecule has 5 nitrogen and oxygen atoms in total. The van der Waals surface area contributed by atoms with E-state index in [1.165, 1.54) is 13.2 Å². The lowest BCUT2D eigenvalue weighted by Gasteiger charge is -2.21. The first kappa shape index (κ1) is 15.0. The predicted octanol–water partition coefficient (Wildman–Crippen LogP) is 1.89. The van der Waals surface area contributed by atoms with Crippen LogP contribution in [0.1, 0.15) is 47.1 Å². The Morgan fingerprint density at radius 3 is 2.32 bits per heavy atom. The molecule has 0 saturated carbocycles. The molecule has 0 aliphatic rings. The molecule has 0 aromatic heterocycles. The molecule has 1 aromatic carbocycles. The van der Waals surface area contributed by atoms with Crippen molar-refractivity contribution in [2.24, 2.45) is 0 Å². The lowest BCUT2D eigenvalue weighted by atomic mass is 10.0. The maximum Gasteiger partial charge on any atom is 0.337 e. The van der Waals surface area contributed by atoms with Gasteiger partial charge in [0.05, 0.1) is 18.2 Å². The van der Waals surface area contributed by atoms with E-state index in [4.69, 9.17) is 5.73 Å². The van der Waals surface area contributed by atoms with Gasteiger partial charge in [-0.1, -0.05) is 0 Å². The number of anilines is 1. The Morgan fingerprint density at radius 2 is 1.84 bits per heavy atom. The van der Waals surface area contributed by atoms with Crippen molar-refractivity contribution in [3.05, 3.63) is 28.8 Å². The molecular formula is C14H20N2O3. The quantitative estimate of drug-likeness (QED) is 0.631. The van der Waals surface area contributed by atoms with Gasteiger partial charge >= 0.3 is 5.97 Å². The summed E-state index contributed by atoms with van der Waals surface area (Å²) in [5.74, 6) is -0.799. The molecule has 0 aliphatic carbocycles. The zero-order chi connectivity index (χ0) is 14.8. The Morgan fingerprint density at radius 1 is 1.26 bits per heavy atom. The number of amides is 1. The number of nitrogens with one attached hydrogen (secondary N) is 1. The zero-order valence-electron chi connectivity index (χ0n) is 12.0. The fraction of sp³-hybridized carbons (Fsp3) is 0.429. The van der Waals surface area contributed by atoms with E-state index >= 15 is 0 Å². The molecule has 0 spiro atoms. The summed E-state index contributed by atoms with van der Waals surface area (Å²) in [7, 11) is 1.29. The summed E-state index contributed by atoms with van der Waals surface area (Å²) in [6, 6.07) is 3.06. The van der Waals surface area contributed by atoms with Gasteiger partial charge in [-0.2, -0.15) is 0 Å². The van der Waals surface area contributed by atoms with Crippen LogP contribution in [0.4, 0.5) is 5.69 Å². The molecule has 5 heteroatoms. The van der Waals surface area contributed by atoms with Crippen molar-refractivity contribution in [2.45, 2.75) is 33.2 Å². The molecule has 0 unspecified atom stereocenters. The number of carbonyl (C=O) groups excluding carboxylic acids is 2. The van der Waals surface area contributed by atoms with Crippen LogP contribution in [0, 0.1) is 6.92 Å². The average molecular weight is 264 g/mol. The Balaban J connectivity index is 3.23. The summed E-state index contributed by atoms with van der Waals surface area (Å²) >= 11 is 0. The minimum atomic E-state index is -0.493. The van der Waals surface area contributed by atoms with Crippen molar-refractivity contribution in [1.29, 1.82) is 0 Å². The van der Waals surface area contributed by atoms with Crippen LogP contribution >= 0.6 is 0 Å². The van der Waals surface area contributed by atoms with Crippen molar-refractivity contribution in [3.8, 4) is 0 Å². The highest BCUT2D eigenvalue weighted by atomic mass is 16.5. The number of nitrogens with two attached hydrogens (primary N) is 1. The Kier molecular flexibility index (Phi) is 4.19. The van der Waals surface area contributed by atoms with Crippen LogP contribution in [0.15, 0.2) is 12.1 Å². The highest BCUT2D eigenvalue weighted by Gasteiger charge is 2.20. The minimum Gasteiger partial charge on any atom is -0.465 e. The van der Waals surface area contributed by atoms with Crippen LogP contribution in [0.25, 0.3) is 0 Å². The predicted molar refractivity (Wildman–Crippen MR) is 74.2 cm³/mol. The van der Waals surface area contributed by atoms with Gasteiger partial charge in [0.15, 0.2) is 0 Å². The summed E-state index contributed by atoms with van der Waals surface area (Å²) in [4.78, 5) is 23.7. The van der Waals surface area contributed by atoms with Crippen molar-refractivity contribution < 1.29 is 14.3 Å². The molecule has 0 aliphatic heterocycles. The highest BCUT2D eigenvalue weighted by molar-refractivity contribution is 6.03. The second-order valence-electron chi connectivity index (χ2n) is 5.45. The van der Waals surface area contributed by atoms with Crippen LogP contribution in [0.5, 0.6) is 0 Å². The summed E-state index contributed by atoms with van der Waals surface area (Å²) in [5, 5.41) is 2.82. The highest BCUT2D eigenvalue weighted by Crippen LogP contribution is 2.21. The Hall–Kier alpha value is -2.04. The van der Waals surface area contributed by atoms with Crippen molar-refractivity contribution in [1.82, 2.24) is 5.32 Å². The number of rotatable bonds is 2. The van der Waals surface area contributed by atoms with Gasteiger partial charge in [0.1, 0.15) is 0 Å². The molecule has 19 heavy (non-hydrogen) atoms. The SMILES string of the molecule is COC(=O)c1cc(C)c(N)c(C(=O)NC(C)(C)C)c1. The minimum absolute atomic E-state index is 0.287. The standard InChI is InChI=1S/C14H20N2O3/c1-8-6-9(13(18)19-5)7-10(11(8)15)12(17)16-14(2,3)4/h6-7H,15H2,1-5H3,(H,16,17). The zero-order valence-corrected chi connectivity index (χ0v) is 12.0. The maximum absolute atomic E-state index is 12.2. The Labute approximate surface area is 113 Å². The van der Waals surface area contributed by atoms with Gasteiger partial charge < -0.3 is 15.8 Å². The molecule has 0 atom stereocenters. The van der Waals surface area contributed by atoms with Crippen LogP contribution in [0.2, 0.25) is 0 Å². The van der Waals surface area contributed by atoms with Crippen LogP contribution in [0.3, 0.4) is 0 Å². The first-order chi connectivity index (χ1) is 8.65. The molecule has 0 fully saturated rings. The number of benzene rings is 1. The van der Waals surface area contributed by atoms with Crippen LogP contribution in [-0.2, 0) is 4.74 Å². The van der Waals surface area contributed by atoms with Gasteiger partial charge in [0.2, 0.25) is 0 Å². The molecule has 0 saturated heterocycles. The lowest BCUT2D eigenvalue weighted by molar-refractivity contribution is 0.0600. The van der Waals surface area contributed by atoms with E-state index in [-0.39, 0.29) is 17.0 Å². The van der Waals surface area contributed by atoms with E-state index in [0.29, 0.717) is 16.8 Å². The normalized spacial score (nSPS) is 11.0. The number of esters is 1. The first-order valence-corrected chi connectivity index (χ1v) is 5.96. The average Bonchev–Trinajstić information content (AvgIpc) is 2.29. The molecule has 0 heterocycles. The van der Waals surface area contributed by atoms with Gasteiger partial charge in [0.25, 0.3) is 5.91 Å². The van der Waals surface area contributed by atoms with E-state index in [0.717, 1.165) is 0 Å². The first-order valence-electron chi connectivity index (χ1n) is 5.96. The van der Waals surface area contributed by atoms with Gasteiger partial charge in [-0.3, -0.25) is 4.79 Å². The monoisotopic (exact) mass is 264 g/mol. The molecule has 0 bridgehead atoms. The number of ether oxygens (including phenoxy) is 1. The maximum atomic E-state index is 12.2. The van der Waals surface area contributed by atoms with Gasteiger partial charge in [-0.15, -0.1) is 0 Å². The van der Waals surface area contributed by atoms with Gasteiger partial charge in [0, 0.05) is 11.2 Å². The molecule has 1 aromatic rings. The molecule has 104 valence electrons. The van der Waals surface area contributed by atoms with Crippen molar-refractivity contribution in [2.75, 3.05) is 12.8 Å². The van der Waals surface area contributed by atoms with Crippen molar-refractivity contribution in [3.63, 3.8) is 0 Å². The third-order valence-electron chi connectivity index (χ3n) is 2.54. The van der Waals surface area contributed by atoms with E-state index in [2.05, 4.69) is 10.1 Å². The van der Waals surface area contributed by atoms with E-state index in [1.807, 2.05) is 20.8 Å². The third kappa shape index (κ3) is 3.71. The summed E-state index contributed by atoms with van der Waals surface area (Å²) in [5.41, 5.74) is 7.16. The fourth-order valence-corrected chi connectivity index (χ4v) is 1.63. The number of methoxy groups -OCH3 is 1. The van der Waals surface area contributed by atoms with Gasteiger partial charge in [-0.05, 0) is 45.4 Å². The molecule has 3 N–H and O–H groups in total. The fourth-order valence-electron chi connectivity index (χ4n) is 1.63. The van der Waals surface area contributed by atoms with E-state index in [9.17, 15) is 9.59 Å². The number of aryl methyl sites for hydroxylation is 1. The molecule has 1 rings (SSSR count). The third-order valence-corrected chi connectivity index (χ3v) is 2.54. The molecule has 1 amide bonds. The number of nitrogen functional groups attached to an aromatic ring is 1. The smallest absolute Gasteiger partial charge is 0.337 e. The second-order valence-corrected chi connectivity index (χ2v) is 5.45. The topological polar surface area (TPSA) is 81.4 Å². The Bertz CT molecular complexity index is 516. The molecule has 0 radical (unpaired) electrons. The van der Waals surface area contributed by atoms with E-state index in [1.54, 1.807) is 13.0 Å². The number of carbonyl (C=O) groups is 2. The van der Waals surface area contributed by atoms with Gasteiger partial charge in [-0.25, -0.2) is 4.79 Å². The van der Waals surface area contributed by atoms with Crippen LogP contribution in [-0.4, -0.2) is 24.5 Å². The molecular weight excluding hydrogens is 244 g/mol. The number of hydrogen-bond donors (Lipinski definition) is 2. The largest absolute Gasteiger partial charge is 0.465 e.